The molecule has 1 amide bonds. The average molecular weight is 340 g/mol. The van der Waals surface area contributed by atoms with Crippen molar-refractivity contribution in [2.45, 2.75) is 17.9 Å². The van der Waals surface area contributed by atoms with Gasteiger partial charge in [0.1, 0.15) is 5.76 Å². The number of hydrogen-bond donors (Lipinski definition) is 1. The topological polar surface area (TPSA) is 42.2 Å². The van der Waals surface area contributed by atoms with E-state index in [0.29, 0.717) is 5.75 Å². The summed E-state index contributed by atoms with van der Waals surface area (Å²) in [6, 6.07) is 11.5. The monoisotopic (exact) mass is 339 g/mol. The van der Waals surface area contributed by atoms with Crippen LogP contribution in [0.2, 0.25) is 0 Å². The molecule has 0 bridgehead atoms. The minimum absolute atomic E-state index is 0.00295. The first-order valence-electron chi connectivity index (χ1n) is 5.86. The third-order valence-corrected chi connectivity index (χ3v) is 4.07. The Morgan fingerprint density at radius 3 is 2.74 bits per heavy atom. The number of rotatable bonds is 5. The Morgan fingerprint density at radius 1 is 1.37 bits per heavy atom. The second kappa shape index (κ2) is 6.82. The molecule has 100 valence electrons. The lowest BCUT2D eigenvalue weighted by atomic mass is 10.2. The Labute approximate surface area is 124 Å². The normalized spacial score (nSPS) is 12.1. The molecule has 0 saturated heterocycles. The summed E-state index contributed by atoms with van der Waals surface area (Å²) in [6.07, 6.45) is 1.61. The van der Waals surface area contributed by atoms with Crippen molar-refractivity contribution in [1.29, 1.82) is 0 Å². The van der Waals surface area contributed by atoms with E-state index in [0.717, 1.165) is 15.1 Å². The second-order valence-electron chi connectivity index (χ2n) is 4.05. The summed E-state index contributed by atoms with van der Waals surface area (Å²) in [5.41, 5.74) is 0. The van der Waals surface area contributed by atoms with Crippen molar-refractivity contribution in [3.8, 4) is 0 Å². The molecule has 0 saturated carbocycles. The zero-order valence-electron chi connectivity index (χ0n) is 10.4. The first-order valence-corrected chi connectivity index (χ1v) is 7.64. The molecule has 1 N–H and O–H groups in total. The van der Waals surface area contributed by atoms with Crippen molar-refractivity contribution in [2.75, 3.05) is 5.75 Å². The van der Waals surface area contributed by atoms with Crippen molar-refractivity contribution in [1.82, 2.24) is 5.32 Å². The van der Waals surface area contributed by atoms with E-state index in [2.05, 4.69) is 21.2 Å². The van der Waals surface area contributed by atoms with Crippen molar-refractivity contribution < 1.29 is 9.21 Å². The molecule has 2 aromatic rings. The summed E-state index contributed by atoms with van der Waals surface area (Å²) in [4.78, 5) is 12.9. The van der Waals surface area contributed by atoms with Crippen LogP contribution in [0, 0.1) is 0 Å². The van der Waals surface area contributed by atoms with Gasteiger partial charge < -0.3 is 9.73 Å². The van der Waals surface area contributed by atoms with Gasteiger partial charge in [0.15, 0.2) is 0 Å². The number of benzene rings is 1. The maximum Gasteiger partial charge on any atom is 0.230 e. The highest BCUT2D eigenvalue weighted by Gasteiger charge is 2.11. The molecule has 0 radical (unpaired) electrons. The molecule has 0 spiro atoms. The Kier molecular flexibility index (Phi) is 5.10. The van der Waals surface area contributed by atoms with Gasteiger partial charge in [-0.1, -0.05) is 15.9 Å². The highest BCUT2D eigenvalue weighted by molar-refractivity contribution is 9.10. The smallest absolute Gasteiger partial charge is 0.230 e. The minimum atomic E-state index is -0.104. The minimum Gasteiger partial charge on any atom is -0.467 e. The molecule has 2 rings (SSSR count). The molecule has 1 aromatic carbocycles. The van der Waals surface area contributed by atoms with E-state index in [-0.39, 0.29) is 11.9 Å². The predicted molar refractivity (Wildman–Crippen MR) is 80.1 cm³/mol. The standard InChI is InChI=1S/C14H14BrNO2S/c1-10(13-3-2-8-18-13)16-14(17)9-19-12-6-4-11(15)5-7-12/h2-8,10H,9H2,1H3,(H,16,17)/t10-/m1/s1. The Morgan fingerprint density at radius 2 is 2.11 bits per heavy atom. The predicted octanol–water partition coefficient (Wildman–Crippen LogP) is 4.01. The zero-order valence-corrected chi connectivity index (χ0v) is 12.8. The van der Waals surface area contributed by atoms with Crippen LogP contribution in [0.5, 0.6) is 0 Å². The fourth-order valence-electron chi connectivity index (χ4n) is 1.57. The van der Waals surface area contributed by atoms with Gasteiger partial charge in [0.05, 0.1) is 18.1 Å². The van der Waals surface area contributed by atoms with E-state index < -0.39 is 0 Å². The van der Waals surface area contributed by atoms with E-state index in [1.807, 2.05) is 43.3 Å². The molecule has 3 nitrogen and oxygen atoms in total. The van der Waals surface area contributed by atoms with Gasteiger partial charge >= 0.3 is 0 Å². The van der Waals surface area contributed by atoms with Gasteiger partial charge in [0, 0.05) is 9.37 Å². The quantitative estimate of drug-likeness (QED) is 0.836. The van der Waals surface area contributed by atoms with Crippen LogP contribution in [0.15, 0.2) is 56.4 Å². The molecule has 0 aliphatic rings. The lowest BCUT2D eigenvalue weighted by molar-refractivity contribution is -0.119. The molecule has 1 aromatic heterocycles. The van der Waals surface area contributed by atoms with Crippen LogP contribution < -0.4 is 5.32 Å². The highest BCUT2D eigenvalue weighted by atomic mass is 79.9. The maximum absolute atomic E-state index is 11.8. The first-order chi connectivity index (χ1) is 9.15. The Balaban J connectivity index is 1.80. The number of thioether (sulfide) groups is 1. The Hall–Kier alpha value is -1.20. The largest absolute Gasteiger partial charge is 0.467 e. The molecular formula is C14H14BrNO2S. The lowest BCUT2D eigenvalue weighted by Gasteiger charge is -2.11. The molecule has 19 heavy (non-hydrogen) atoms. The number of nitrogens with one attached hydrogen (secondary N) is 1. The average Bonchev–Trinajstić information content (AvgIpc) is 2.92. The second-order valence-corrected chi connectivity index (χ2v) is 6.01. The van der Waals surface area contributed by atoms with Crippen molar-refractivity contribution in [2.24, 2.45) is 0 Å². The van der Waals surface area contributed by atoms with Gasteiger partial charge in [-0.2, -0.15) is 0 Å². The number of halogens is 1. The van der Waals surface area contributed by atoms with Gasteiger partial charge in [-0.05, 0) is 43.3 Å². The Bertz CT molecular complexity index is 525. The SMILES string of the molecule is C[C@@H](NC(=O)CSc1ccc(Br)cc1)c1ccco1. The van der Waals surface area contributed by atoms with Crippen molar-refractivity contribution in [3.05, 3.63) is 52.9 Å². The molecular weight excluding hydrogens is 326 g/mol. The van der Waals surface area contributed by atoms with Crippen LogP contribution in [0.1, 0.15) is 18.7 Å². The van der Waals surface area contributed by atoms with E-state index >= 15 is 0 Å². The molecule has 0 unspecified atom stereocenters. The van der Waals surface area contributed by atoms with Crippen LogP contribution in [-0.2, 0) is 4.79 Å². The fraction of sp³-hybridized carbons (Fsp3) is 0.214. The number of furan rings is 1. The fourth-order valence-corrected chi connectivity index (χ4v) is 2.55. The van der Waals surface area contributed by atoms with Gasteiger partial charge in [-0.15, -0.1) is 11.8 Å². The van der Waals surface area contributed by atoms with Crippen LogP contribution >= 0.6 is 27.7 Å². The molecule has 1 heterocycles. The lowest BCUT2D eigenvalue weighted by Crippen LogP contribution is -2.27. The van der Waals surface area contributed by atoms with Gasteiger partial charge in [0.2, 0.25) is 5.91 Å². The van der Waals surface area contributed by atoms with Crippen LogP contribution in [0.25, 0.3) is 0 Å². The summed E-state index contributed by atoms with van der Waals surface area (Å²) in [6.45, 7) is 1.90. The van der Waals surface area contributed by atoms with Crippen molar-refractivity contribution >= 4 is 33.6 Å². The summed E-state index contributed by atoms with van der Waals surface area (Å²) in [7, 11) is 0. The molecule has 1 atom stereocenters. The maximum atomic E-state index is 11.8. The van der Waals surface area contributed by atoms with Crippen LogP contribution in [0.4, 0.5) is 0 Å². The van der Waals surface area contributed by atoms with E-state index in [9.17, 15) is 4.79 Å². The zero-order chi connectivity index (χ0) is 13.7. The highest BCUT2D eigenvalue weighted by Crippen LogP contribution is 2.20. The summed E-state index contributed by atoms with van der Waals surface area (Å²) >= 11 is 4.89. The summed E-state index contributed by atoms with van der Waals surface area (Å²) < 4.78 is 6.28. The molecule has 5 heteroatoms. The molecule has 0 aliphatic heterocycles. The van der Waals surface area contributed by atoms with E-state index in [1.165, 1.54) is 11.8 Å². The van der Waals surface area contributed by atoms with Gasteiger partial charge in [-0.3, -0.25) is 4.79 Å². The summed E-state index contributed by atoms with van der Waals surface area (Å²) in [5, 5.41) is 2.90. The molecule has 0 aliphatic carbocycles. The van der Waals surface area contributed by atoms with Crippen LogP contribution in [-0.4, -0.2) is 11.7 Å². The number of carbonyl (C=O) groups is 1. The van der Waals surface area contributed by atoms with Gasteiger partial charge in [0.25, 0.3) is 0 Å². The van der Waals surface area contributed by atoms with Crippen LogP contribution in [0.3, 0.4) is 0 Å². The summed E-state index contributed by atoms with van der Waals surface area (Å²) in [5.74, 6) is 1.16. The van der Waals surface area contributed by atoms with E-state index in [1.54, 1.807) is 6.26 Å². The van der Waals surface area contributed by atoms with E-state index in [4.69, 9.17) is 4.42 Å². The number of carbonyl (C=O) groups excluding carboxylic acids is 1. The molecule has 0 fully saturated rings. The third kappa shape index (κ3) is 4.44. The van der Waals surface area contributed by atoms with Gasteiger partial charge in [-0.25, -0.2) is 0 Å². The van der Waals surface area contributed by atoms with Crippen molar-refractivity contribution in [3.63, 3.8) is 0 Å². The number of amides is 1. The first kappa shape index (κ1) is 14.2. The number of hydrogen-bond acceptors (Lipinski definition) is 3. The third-order valence-electron chi connectivity index (χ3n) is 2.53.